The van der Waals surface area contributed by atoms with E-state index >= 15 is 0 Å². The van der Waals surface area contributed by atoms with Gasteiger partial charge in [-0.15, -0.1) is 22.6 Å². The highest BCUT2D eigenvalue weighted by atomic mass is 35.5. The van der Waals surface area contributed by atoms with Crippen LogP contribution < -0.4 is 5.73 Å². The lowest BCUT2D eigenvalue weighted by Crippen LogP contribution is -2.13. The first-order valence-electron chi connectivity index (χ1n) is 8.21. The molecule has 2 heterocycles. The van der Waals surface area contributed by atoms with E-state index in [0.29, 0.717) is 23.3 Å². The zero-order valence-electron chi connectivity index (χ0n) is 14.3. The molecule has 5 nitrogen and oxygen atoms in total. The number of thioether (sulfide) groups is 1. The van der Waals surface area contributed by atoms with Gasteiger partial charge in [0.05, 0.1) is 6.04 Å². The van der Waals surface area contributed by atoms with Crippen LogP contribution in [0.25, 0.3) is 10.9 Å². The molecule has 1 atom stereocenters. The quantitative estimate of drug-likeness (QED) is 0.421. The molecular weight excluding hydrogens is 403 g/mol. The number of hydrogen-bond donors (Lipinski definition) is 2. The van der Waals surface area contributed by atoms with Gasteiger partial charge in [0.2, 0.25) is 5.89 Å². The van der Waals surface area contributed by atoms with Crippen LogP contribution in [0.3, 0.4) is 0 Å². The van der Waals surface area contributed by atoms with Gasteiger partial charge in [-0.2, -0.15) is 0 Å². The molecular formula is C19H18Cl2N4OS. The first kappa shape index (κ1) is 19.8. The molecule has 2 aromatic heterocycles. The Hall–Kier alpha value is -1.99. The predicted octanol–water partition coefficient (Wildman–Crippen LogP) is 5.16. The van der Waals surface area contributed by atoms with Crippen molar-refractivity contribution in [3.63, 3.8) is 0 Å². The molecule has 0 radical (unpaired) electrons. The summed E-state index contributed by atoms with van der Waals surface area (Å²) in [5, 5.41) is 10.6. The van der Waals surface area contributed by atoms with E-state index in [4.69, 9.17) is 21.8 Å². The fourth-order valence-corrected chi connectivity index (χ4v) is 3.86. The van der Waals surface area contributed by atoms with Crippen molar-refractivity contribution >= 4 is 46.7 Å². The van der Waals surface area contributed by atoms with Gasteiger partial charge < -0.3 is 15.1 Å². The minimum atomic E-state index is -0.351. The van der Waals surface area contributed by atoms with Crippen LogP contribution in [0.5, 0.6) is 0 Å². The second kappa shape index (κ2) is 8.80. The number of aromatic amines is 1. The second-order valence-electron chi connectivity index (χ2n) is 5.96. The molecule has 4 rings (SSSR count). The van der Waals surface area contributed by atoms with Gasteiger partial charge in [0.25, 0.3) is 5.22 Å². The van der Waals surface area contributed by atoms with Crippen LogP contribution in [0, 0.1) is 0 Å². The van der Waals surface area contributed by atoms with Gasteiger partial charge in [0.15, 0.2) is 0 Å². The fourth-order valence-electron chi connectivity index (χ4n) is 2.81. The third kappa shape index (κ3) is 4.47. The van der Waals surface area contributed by atoms with Crippen molar-refractivity contribution in [1.82, 2.24) is 15.2 Å². The van der Waals surface area contributed by atoms with E-state index in [2.05, 4.69) is 21.2 Å². The van der Waals surface area contributed by atoms with Crippen molar-refractivity contribution in [3.05, 3.63) is 76.8 Å². The molecule has 8 heteroatoms. The highest BCUT2D eigenvalue weighted by Gasteiger charge is 2.17. The van der Waals surface area contributed by atoms with Crippen molar-refractivity contribution in [2.75, 3.05) is 0 Å². The average Bonchev–Trinajstić information content (AvgIpc) is 3.29. The van der Waals surface area contributed by atoms with Gasteiger partial charge in [-0.05, 0) is 29.7 Å². The summed E-state index contributed by atoms with van der Waals surface area (Å²) in [4.78, 5) is 3.26. The zero-order valence-corrected chi connectivity index (χ0v) is 16.7. The summed E-state index contributed by atoms with van der Waals surface area (Å²) >= 11 is 7.62. The molecule has 0 unspecified atom stereocenters. The van der Waals surface area contributed by atoms with E-state index in [1.54, 1.807) is 0 Å². The Morgan fingerprint density at radius 1 is 1.07 bits per heavy atom. The predicted molar refractivity (Wildman–Crippen MR) is 111 cm³/mol. The van der Waals surface area contributed by atoms with Gasteiger partial charge in [-0.25, -0.2) is 0 Å². The van der Waals surface area contributed by atoms with Gasteiger partial charge in [0.1, 0.15) is 0 Å². The number of nitrogens with zero attached hydrogens (tertiary/aromatic N) is 2. The normalized spacial score (nSPS) is 12.1. The van der Waals surface area contributed by atoms with Crippen molar-refractivity contribution < 1.29 is 4.42 Å². The van der Waals surface area contributed by atoms with Gasteiger partial charge in [-0.1, -0.05) is 59.8 Å². The summed E-state index contributed by atoms with van der Waals surface area (Å²) in [5.41, 5.74) is 9.54. The molecule has 0 amide bonds. The smallest absolute Gasteiger partial charge is 0.276 e. The van der Waals surface area contributed by atoms with Crippen LogP contribution in [-0.2, 0) is 12.2 Å². The number of nitrogens with one attached hydrogen (secondary N) is 1. The lowest BCUT2D eigenvalue weighted by molar-refractivity contribution is 0.385. The van der Waals surface area contributed by atoms with Crippen molar-refractivity contribution in [2.24, 2.45) is 5.73 Å². The van der Waals surface area contributed by atoms with E-state index in [9.17, 15) is 0 Å². The molecule has 0 saturated carbocycles. The second-order valence-corrected chi connectivity index (χ2v) is 7.29. The minimum absolute atomic E-state index is 0. The number of para-hydroxylation sites is 1. The SMILES string of the molecule is Cl.N[C@@H](Cc1c[nH]c2ccccc12)c1nnc(SCc2ccccc2Cl)o1. The maximum absolute atomic E-state index is 6.28. The summed E-state index contributed by atoms with van der Waals surface area (Å²) in [6.07, 6.45) is 2.61. The molecule has 27 heavy (non-hydrogen) atoms. The third-order valence-corrected chi connectivity index (χ3v) is 5.40. The number of fused-ring (bicyclic) bond motifs is 1. The number of H-pyrrole nitrogens is 1. The zero-order chi connectivity index (χ0) is 17.9. The highest BCUT2D eigenvalue weighted by Crippen LogP contribution is 2.28. The molecule has 4 aromatic rings. The van der Waals surface area contributed by atoms with Gasteiger partial charge in [-0.3, -0.25) is 0 Å². The summed E-state index contributed by atoms with van der Waals surface area (Å²) < 4.78 is 5.73. The Balaban J connectivity index is 0.00000210. The van der Waals surface area contributed by atoms with Crippen LogP contribution in [0.4, 0.5) is 0 Å². The molecule has 0 aliphatic rings. The molecule has 2 aromatic carbocycles. The Morgan fingerprint density at radius 2 is 1.85 bits per heavy atom. The summed E-state index contributed by atoms with van der Waals surface area (Å²) in [7, 11) is 0. The number of hydrogen-bond acceptors (Lipinski definition) is 5. The van der Waals surface area contributed by atoms with E-state index in [-0.39, 0.29) is 18.4 Å². The van der Waals surface area contributed by atoms with Crippen LogP contribution in [0.2, 0.25) is 5.02 Å². The van der Waals surface area contributed by atoms with E-state index < -0.39 is 0 Å². The Kier molecular flexibility index (Phi) is 6.44. The average molecular weight is 421 g/mol. The summed E-state index contributed by atoms with van der Waals surface area (Å²) in [6, 6.07) is 15.5. The van der Waals surface area contributed by atoms with Crippen molar-refractivity contribution in [1.29, 1.82) is 0 Å². The van der Waals surface area contributed by atoms with E-state index in [1.165, 1.54) is 11.8 Å². The van der Waals surface area contributed by atoms with E-state index in [0.717, 1.165) is 27.1 Å². The number of aromatic nitrogens is 3. The lowest BCUT2D eigenvalue weighted by atomic mass is 10.1. The van der Waals surface area contributed by atoms with Crippen LogP contribution in [0.15, 0.2) is 64.4 Å². The molecule has 140 valence electrons. The van der Waals surface area contributed by atoms with Crippen LogP contribution in [0.1, 0.15) is 23.1 Å². The van der Waals surface area contributed by atoms with Crippen molar-refractivity contribution in [2.45, 2.75) is 23.4 Å². The topological polar surface area (TPSA) is 80.7 Å². The molecule has 0 spiro atoms. The fraction of sp³-hybridized carbons (Fsp3) is 0.158. The summed E-state index contributed by atoms with van der Waals surface area (Å²) in [6.45, 7) is 0. The number of rotatable bonds is 6. The summed E-state index contributed by atoms with van der Waals surface area (Å²) in [5.74, 6) is 1.11. The van der Waals surface area contributed by atoms with Crippen LogP contribution in [-0.4, -0.2) is 15.2 Å². The van der Waals surface area contributed by atoms with Crippen LogP contribution >= 0.6 is 35.8 Å². The Labute approximate surface area is 172 Å². The lowest BCUT2D eigenvalue weighted by Gasteiger charge is -2.06. The maximum Gasteiger partial charge on any atom is 0.276 e. The van der Waals surface area contributed by atoms with Gasteiger partial charge >= 0.3 is 0 Å². The van der Waals surface area contributed by atoms with Crippen molar-refractivity contribution in [3.8, 4) is 0 Å². The number of nitrogens with two attached hydrogens (primary N) is 1. The molecule has 0 fully saturated rings. The monoisotopic (exact) mass is 420 g/mol. The molecule has 0 aliphatic heterocycles. The molecule has 0 saturated heterocycles. The van der Waals surface area contributed by atoms with E-state index in [1.807, 2.05) is 48.7 Å². The minimum Gasteiger partial charge on any atom is -0.414 e. The number of halogens is 2. The number of benzene rings is 2. The highest BCUT2D eigenvalue weighted by molar-refractivity contribution is 7.98. The Morgan fingerprint density at radius 3 is 2.70 bits per heavy atom. The maximum atomic E-state index is 6.28. The van der Waals surface area contributed by atoms with Gasteiger partial charge in [0, 0.05) is 27.9 Å². The largest absolute Gasteiger partial charge is 0.414 e. The molecule has 3 N–H and O–H groups in total. The first-order chi connectivity index (χ1) is 12.7. The molecule has 0 aliphatic carbocycles. The Bertz CT molecular complexity index is 1030. The standard InChI is InChI=1S/C19H17ClN4OS.ClH/c20-15-7-3-1-5-12(15)11-26-19-24-23-18(25-19)16(21)9-13-10-22-17-8-4-2-6-14(13)17;/h1-8,10,16,22H,9,11,21H2;1H/t16-;/m0./s1. The first-order valence-corrected chi connectivity index (χ1v) is 9.57. The molecule has 0 bridgehead atoms. The third-order valence-electron chi connectivity index (χ3n) is 4.16.